The first kappa shape index (κ1) is 15.1. The normalized spacial score (nSPS) is 10.3. The van der Waals surface area contributed by atoms with Crippen LogP contribution >= 0.6 is 11.3 Å². The Kier molecular flexibility index (Phi) is 4.96. The van der Waals surface area contributed by atoms with E-state index in [1.54, 1.807) is 5.38 Å². The van der Waals surface area contributed by atoms with Crippen LogP contribution in [0.3, 0.4) is 0 Å². The number of carbonyl (C=O) groups is 2. The number of thiazole rings is 1. The second-order valence-corrected chi connectivity index (χ2v) is 5.13. The Bertz CT molecular complexity index is 656. The second-order valence-electron chi connectivity index (χ2n) is 4.19. The monoisotopic (exact) mass is 306 g/mol. The fraction of sp³-hybridized carbons (Fsp3) is 0.231. The lowest BCUT2D eigenvalue weighted by molar-refractivity contribution is 0.0696. The summed E-state index contributed by atoms with van der Waals surface area (Å²) in [6.07, 6.45) is 2.04. The number of nitrogens with zero attached hydrogens (tertiary/aromatic N) is 2. The van der Waals surface area contributed by atoms with Gasteiger partial charge in [0.2, 0.25) is 0 Å². The summed E-state index contributed by atoms with van der Waals surface area (Å²) in [4.78, 5) is 30.9. The van der Waals surface area contributed by atoms with Crippen molar-refractivity contribution in [2.24, 2.45) is 5.73 Å². The maximum absolute atomic E-state index is 11.9. The summed E-state index contributed by atoms with van der Waals surface area (Å²) in [7, 11) is 0. The van der Waals surface area contributed by atoms with E-state index in [1.807, 2.05) is 0 Å². The molecule has 0 aliphatic heterocycles. The van der Waals surface area contributed by atoms with E-state index in [-0.39, 0.29) is 18.0 Å². The Hall–Kier alpha value is -2.32. The Morgan fingerprint density at radius 2 is 2.24 bits per heavy atom. The number of aromatic nitrogens is 2. The van der Waals surface area contributed by atoms with Crippen LogP contribution in [0.2, 0.25) is 0 Å². The zero-order chi connectivity index (χ0) is 15.2. The van der Waals surface area contributed by atoms with Gasteiger partial charge in [-0.2, -0.15) is 0 Å². The topological polar surface area (TPSA) is 118 Å². The second kappa shape index (κ2) is 6.91. The van der Waals surface area contributed by atoms with Gasteiger partial charge < -0.3 is 16.2 Å². The SMILES string of the molecule is NCCc1nc(C(=O)NCc2cc(C(=O)O)ccn2)cs1. The van der Waals surface area contributed by atoms with Crippen molar-refractivity contribution < 1.29 is 14.7 Å². The van der Waals surface area contributed by atoms with E-state index in [9.17, 15) is 9.59 Å². The van der Waals surface area contributed by atoms with E-state index >= 15 is 0 Å². The Morgan fingerprint density at radius 3 is 2.95 bits per heavy atom. The van der Waals surface area contributed by atoms with Crippen molar-refractivity contribution >= 4 is 23.2 Å². The van der Waals surface area contributed by atoms with E-state index < -0.39 is 5.97 Å². The molecule has 8 heteroatoms. The van der Waals surface area contributed by atoms with Gasteiger partial charge in [-0.15, -0.1) is 11.3 Å². The van der Waals surface area contributed by atoms with Crippen LogP contribution in [0.4, 0.5) is 0 Å². The van der Waals surface area contributed by atoms with Crippen LogP contribution < -0.4 is 11.1 Å². The summed E-state index contributed by atoms with van der Waals surface area (Å²) in [5, 5.41) is 14.0. The molecule has 2 aromatic rings. The van der Waals surface area contributed by atoms with Gasteiger partial charge in [0.25, 0.3) is 5.91 Å². The van der Waals surface area contributed by atoms with E-state index in [0.29, 0.717) is 24.4 Å². The molecule has 0 aliphatic carbocycles. The molecular weight excluding hydrogens is 292 g/mol. The van der Waals surface area contributed by atoms with Crippen molar-refractivity contribution in [3.8, 4) is 0 Å². The summed E-state index contributed by atoms with van der Waals surface area (Å²) in [6.45, 7) is 0.629. The lowest BCUT2D eigenvalue weighted by atomic mass is 10.2. The summed E-state index contributed by atoms with van der Waals surface area (Å²) in [5.74, 6) is -1.35. The number of nitrogens with two attached hydrogens (primary N) is 1. The molecule has 0 saturated heterocycles. The molecule has 0 fully saturated rings. The van der Waals surface area contributed by atoms with E-state index in [4.69, 9.17) is 10.8 Å². The first-order valence-corrected chi connectivity index (χ1v) is 7.09. The fourth-order valence-electron chi connectivity index (χ4n) is 1.62. The van der Waals surface area contributed by atoms with Gasteiger partial charge in [-0.1, -0.05) is 0 Å². The highest BCUT2D eigenvalue weighted by atomic mass is 32.1. The lowest BCUT2D eigenvalue weighted by Gasteiger charge is -2.03. The number of amides is 1. The molecule has 0 unspecified atom stereocenters. The minimum absolute atomic E-state index is 0.133. The van der Waals surface area contributed by atoms with Crippen molar-refractivity contribution in [3.05, 3.63) is 45.7 Å². The fourth-order valence-corrected chi connectivity index (χ4v) is 2.42. The zero-order valence-electron chi connectivity index (χ0n) is 11.1. The maximum atomic E-state index is 11.9. The largest absolute Gasteiger partial charge is 0.478 e. The van der Waals surface area contributed by atoms with Gasteiger partial charge >= 0.3 is 5.97 Å². The van der Waals surface area contributed by atoms with Gasteiger partial charge in [0, 0.05) is 18.0 Å². The molecule has 0 atom stereocenters. The van der Waals surface area contributed by atoms with Gasteiger partial charge in [-0.05, 0) is 18.7 Å². The van der Waals surface area contributed by atoms with Gasteiger partial charge in [-0.3, -0.25) is 9.78 Å². The summed E-state index contributed by atoms with van der Waals surface area (Å²) in [6, 6.07) is 2.82. The molecule has 7 nitrogen and oxygen atoms in total. The molecule has 110 valence electrons. The predicted octanol–water partition coefficient (Wildman–Crippen LogP) is 0.667. The highest BCUT2D eigenvalue weighted by Crippen LogP contribution is 2.10. The van der Waals surface area contributed by atoms with Crippen molar-refractivity contribution in [2.45, 2.75) is 13.0 Å². The summed E-state index contributed by atoms with van der Waals surface area (Å²) < 4.78 is 0. The number of hydrogen-bond donors (Lipinski definition) is 3. The number of pyridine rings is 1. The Labute approximate surface area is 124 Å². The van der Waals surface area contributed by atoms with Gasteiger partial charge in [-0.25, -0.2) is 9.78 Å². The number of nitrogens with one attached hydrogen (secondary N) is 1. The molecule has 1 amide bonds. The van der Waals surface area contributed by atoms with Crippen LogP contribution in [0.15, 0.2) is 23.7 Å². The number of carboxylic acid groups (broad SMARTS) is 1. The van der Waals surface area contributed by atoms with Crippen LogP contribution in [0.25, 0.3) is 0 Å². The van der Waals surface area contributed by atoms with Crippen LogP contribution in [0.5, 0.6) is 0 Å². The molecule has 0 saturated carbocycles. The Balaban J connectivity index is 1.97. The maximum Gasteiger partial charge on any atom is 0.335 e. The average Bonchev–Trinajstić information content (AvgIpc) is 2.94. The average molecular weight is 306 g/mol. The highest BCUT2D eigenvalue weighted by molar-refractivity contribution is 7.09. The summed E-state index contributed by atoms with van der Waals surface area (Å²) >= 11 is 1.39. The third-order valence-electron chi connectivity index (χ3n) is 2.64. The smallest absolute Gasteiger partial charge is 0.335 e. The van der Waals surface area contributed by atoms with E-state index in [1.165, 1.54) is 29.7 Å². The standard InChI is InChI=1S/C13H14N4O3S/c14-3-1-11-17-10(7-21-11)12(18)16-6-9-5-8(13(19)20)2-4-15-9/h2,4-5,7H,1,3,6,14H2,(H,16,18)(H,19,20). The van der Waals surface area contributed by atoms with Gasteiger partial charge in [0.15, 0.2) is 0 Å². The van der Waals surface area contributed by atoms with E-state index in [0.717, 1.165) is 5.01 Å². The summed E-state index contributed by atoms with van der Waals surface area (Å²) in [5.41, 5.74) is 6.37. The third-order valence-corrected chi connectivity index (χ3v) is 3.54. The molecule has 0 aromatic carbocycles. The lowest BCUT2D eigenvalue weighted by Crippen LogP contribution is -2.23. The molecule has 2 heterocycles. The van der Waals surface area contributed by atoms with Crippen LogP contribution in [0.1, 0.15) is 31.5 Å². The highest BCUT2D eigenvalue weighted by Gasteiger charge is 2.11. The quantitative estimate of drug-likeness (QED) is 0.721. The minimum Gasteiger partial charge on any atom is -0.478 e. The van der Waals surface area contributed by atoms with E-state index in [2.05, 4.69) is 15.3 Å². The molecule has 21 heavy (non-hydrogen) atoms. The molecule has 2 rings (SSSR count). The van der Waals surface area contributed by atoms with Crippen LogP contribution in [-0.2, 0) is 13.0 Å². The number of carbonyl (C=O) groups excluding carboxylic acids is 1. The molecule has 0 bridgehead atoms. The van der Waals surface area contributed by atoms with Crippen molar-refractivity contribution in [2.75, 3.05) is 6.54 Å². The number of carboxylic acids is 1. The third kappa shape index (κ3) is 4.07. The number of rotatable bonds is 6. The van der Waals surface area contributed by atoms with Gasteiger partial charge in [0.05, 0.1) is 22.8 Å². The van der Waals surface area contributed by atoms with Crippen molar-refractivity contribution in [1.82, 2.24) is 15.3 Å². The number of aromatic carboxylic acids is 1. The molecule has 0 aliphatic rings. The zero-order valence-corrected chi connectivity index (χ0v) is 11.9. The molecular formula is C13H14N4O3S. The van der Waals surface area contributed by atoms with Crippen LogP contribution in [-0.4, -0.2) is 33.5 Å². The van der Waals surface area contributed by atoms with Crippen LogP contribution in [0, 0.1) is 0 Å². The van der Waals surface area contributed by atoms with Crippen molar-refractivity contribution in [3.63, 3.8) is 0 Å². The molecule has 0 radical (unpaired) electrons. The molecule has 0 spiro atoms. The number of hydrogen-bond acceptors (Lipinski definition) is 6. The van der Waals surface area contributed by atoms with Gasteiger partial charge in [0.1, 0.15) is 5.69 Å². The Morgan fingerprint density at radius 1 is 1.43 bits per heavy atom. The first-order valence-electron chi connectivity index (χ1n) is 6.21. The molecule has 4 N–H and O–H groups in total. The molecule has 2 aromatic heterocycles. The first-order chi connectivity index (χ1) is 10.1. The minimum atomic E-state index is -1.03. The predicted molar refractivity (Wildman–Crippen MR) is 77.2 cm³/mol. The van der Waals surface area contributed by atoms with Crippen molar-refractivity contribution in [1.29, 1.82) is 0 Å².